The van der Waals surface area contributed by atoms with Crippen molar-refractivity contribution in [3.8, 4) is 11.1 Å². The Morgan fingerprint density at radius 2 is 1.43 bits per heavy atom. The lowest BCUT2D eigenvalue weighted by Crippen LogP contribution is -2.35. The largest absolute Gasteiger partial charge is 0.460 e. The number of imidazole rings is 1. The lowest BCUT2D eigenvalue weighted by molar-refractivity contribution is 0.517. The minimum atomic E-state index is -0.0157. The second-order valence-corrected chi connectivity index (χ2v) is 14.4. The summed E-state index contributed by atoms with van der Waals surface area (Å²) in [6, 6.07) is 45.6. The molecule has 0 radical (unpaired) electrons. The number of rotatable bonds is 2. The monoisotopic (exact) mass is 681 g/mol. The summed E-state index contributed by atoms with van der Waals surface area (Å²) < 4.78 is 9.19. The Kier molecular flexibility index (Phi) is 6.47. The van der Waals surface area contributed by atoms with Crippen molar-refractivity contribution in [2.75, 3.05) is 0 Å². The predicted molar refractivity (Wildman–Crippen MR) is 218 cm³/mol. The molecule has 2 atom stereocenters. The van der Waals surface area contributed by atoms with Gasteiger partial charge in [0.1, 0.15) is 17.0 Å². The molecular weight excluding hydrogens is 647 g/mol. The van der Waals surface area contributed by atoms with Crippen LogP contribution in [0.25, 0.3) is 71.3 Å². The Morgan fingerprint density at radius 3 is 2.23 bits per heavy atom. The first-order valence-electron chi connectivity index (χ1n) is 18.4. The van der Waals surface area contributed by atoms with Gasteiger partial charge in [-0.05, 0) is 79.2 Å². The van der Waals surface area contributed by atoms with Gasteiger partial charge in [0, 0.05) is 34.5 Å². The number of pyridine rings is 1. The third-order valence-corrected chi connectivity index (χ3v) is 11.6. The molecule has 0 saturated carbocycles. The zero-order chi connectivity index (χ0) is 35.2. The van der Waals surface area contributed by atoms with Crippen LogP contribution in [0.5, 0.6) is 0 Å². The third-order valence-electron chi connectivity index (χ3n) is 11.6. The summed E-state index contributed by atoms with van der Waals surface area (Å²) in [5.41, 5.74) is 17.3. The van der Waals surface area contributed by atoms with Crippen LogP contribution in [-0.2, 0) is 6.42 Å². The van der Waals surface area contributed by atoms with Crippen LogP contribution < -0.4 is 16.4 Å². The number of aromatic nitrogens is 2. The normalized spacial score (nSPS) is 18.3. The van der Waals surface area contributed by atoms with E-state index in [0.29, 0.717) is 5.70 Å². The number of nitrogens with two attached hydrogens (primary N) is 1. The molecule has 11 rings (SSSR count). The molecule has 252 valence electrons. The van der Waals surface area contributed by atoms with Crippen molar-refractivity contribution in [3.05, 3.63) is 191 Å². The van der Waals surface area contributed by atoms with E-state index in [4.69, 9.17) is 15.1 Å². The molecule has 6 aromatic carbocycles. The van der Waals surface area contributed by atoms with Crippen molar-refractivity contribution >= 4 is 60.2 Å². The number of furan rings is 1. The summed E-state index contributed by atoms with van der Waals surface area (Å²) in [7, 11) is 0. The summed E-state index contributed by atoms with van der Waals surface area (Å²) in [5, 5.41) is 10.1. The van der Waals surface area contributed by atoms with Crippen molar-refractivity contribution in [2.24, 2.45) is 11.7 Å². The molecule has 2 aliphatic rings. The average Bonchev–Trinajstić information content (AvgIpc) is 3.80. The Balaban J connectivity index is 1.27. The highest BCUT2D eigenvalue weighted by Gasteiger charge is 2.34. The van der Waals surface area contributed by atoms with Crippen LogP contribution in [0.15, 0.2) is 162 Å². The zero-order valence-corrected chi connectivity index (χ0v) is 29.3. The molecular formula is C49H35N3O. The van der Waals surface area contributed by atoms with Crippen molar-refractivity contribution in [2.45, 2.75) is 19.3 Å². The standard InChI is InChI=1S/C49H35N3O/c1-29-14-2-5-17-32(29)47-48(52-27-13-12-24-41(52)51-47)46(50)43-37-22-10-8-20-35(37)42(36-21-9-11-23-38(36)43)39-28-31-16-4-7-19-34(31)45-44-33-18-6-3-15-30(33)25-26-40(44)53-49(39)45/h2-27,29,39H,28,50H2,1H3/b47-32+,48-46+. The maximum atomic E-state index is 7.57. The van der Waals surface area contributed by atoms with Crippen molar-refractivity contribution < 1.29 is 4.42 Å². The number of hydrogen-bond donors (Lipinski definition) is 1. The third kappa shape index (κ3) is 4.33. The van der Waals surface area contributed by atoms with Gasteiger partial charge < -0.3 is 10.2 Å². The Bertz CT molecular complexity index is 3140. The molecule has 4 nitrogen and oxygen atoms in total. The van der Waals surface area contributed by atoms with E-state index in [1.807, 2.05) is 12.1 Å². The number of allylic oxidation sites excluding steroid dienone is 4. The average molecular weight is 682 g/mol. The maximum absolute atomic E-state index is 7.57. The van der Waals surface area contributed by atoms with E-state index >= 15 is 0 Å². The Hall–Kier alpha value is -6.65. The Labute approximate surface area is 306 Å². The second kappa shape index (κ2) is 11.4. The van der Waals surface area contributed by atoms with Gasteiger partial charge >= 0.3 is 0 Å². The first kappa shape index (κ1) is 30.0. The molecule has 0 amide bonds. The molecule has 0 bridgehead atoms. The minimum absolute atomic E-state index is 0.0157. The van der Waals surface area contributed by atoms with Crippen LogP contribution in [0.3, 0.4) is 0 Å². The van der Waals surface area contributed by atoms with Gasteiger partial charge in [0.15, 0.2) is 0 Å². The van der Waals surface area contributed by atoms with E-state index in [1.54, 1.807) is 0 Å². The van der Waals surface area contributed by atoms with Gasteiger partial charge in [-0.25, -0.2) is 4.98 Å². The van der Waals surface area contributed by atoms with Crippen LogP contribution in [0.2, 0.25) is 0 Å². The van der Waals surface area contributed by atoms with Gasteiger partial charge in [-0.1, -0.05) is 140 Å². The summed E-state index contributed by atoms with van der Waals surface area (Å²) in [4.78, 5) is 5.20. The molecule has 0 spiro atoms. The summed E-state index contributed by atoms with van der Waals surface area (Å²) in [6.45, 7) is 2.22. The summed E-state index contributed by atoms with van der Waals surface area (Å²) in [5.74, 6) is 1.22. The fraction of sp³-hybridized carbons (Fsp3) is 0.0816. The molecule has 3 aromatic heterocycles. The van der Waals surface area contributed by atoms with E-state index in [1.165, 1.54) is 49.2 Å². The van der Waals surface area contributed by atoms with Crippen LogP contribution in [0.4, 0.5) is 0 Å². The lowest BCUT2D eigenvalue weighted by atomic mass is 9.75. The number of benzene rings is 6. The highest BCUT2D eigenvalue weighted by atomic mass is 16.3. The van der Waals surface area contributed by atoms with Crippen LogP contribution in [0, 0.1) is 5.92 Å². The van der Waals surface area contributed by atoms with Crippen molar-refractivity contribution in [1.82, 2.24) is 9.38 Å². The van der Waals surface area contributed by atoms with E-state index in [0.717, 1.165) is 56.0 Å². The van der Waals surface area contributed by atoms with Crippen molar-refractivity contribution in [3.63, 3.8) is 0 Å². The van der Waals surface area contributed by atoms with Crippen LogP contribution in [0.1, 0.15) is 35.3 Å². The lowest BCUT2D eigenvalue weighted by Gasteiger charge is -2.28. The van der Waals surface area contributed by atoms with Gasteiger partial charge in [0.25, 0.3) is 0 Å². The molecule has 2 aliphatic carbocycles. The van der Waals surface area contributed by atoms with Gasteiger partial charge in [0.2, 0.25) is 0 Å². The quantitative estimate of drug-likeness (QED) is 0.185. The molecule has 2 N–H and O–H groups in total. The maximum Gasteiger partial charge on any atom is 0.137 e. The van der Waals surface area contributed by atoms with Gasteiger partial charge in [-0.3, -0.25) is 4.40 Å². The molecule has 0 aliphatic heterocycles. The fourth-order valence-electron chi connectivity index (χ4n) is 9.23. The van der Waals surface area contributed by atoms with Gasteiger partial charge in [-0.15, -0.1) is 0 Å². The van der Waals surface area contributed by atoms with Crippen LogP contribution in [-0.4, -0.2) is 9.38 Å². The second-order valence-electron chi connectivity index (χ2n) is 14.4. The summed E-state index contributed by atoms with van der Waals surface area (Å²) in [6.07, 6.45) is 11.5. The van der Waals surface area contributed by atoms with E-state index in [9.17, 15) is 0 Å². The first-order valence-corrected chi connectivity index (χ1v) is 18.4. The smallest absolute Gasteiger partial charge is 0.137 e. The fourth-order valence-corrected chi connectivity index (χ4v) is 9.23. The SMILES string of the molecule is CC1C=CC=C/C1=c1\nc2ccccn2\c1=C(\N)c1c2ccccc2c(C2Cc3ccccc3-c3c2oc2ccc4ccccc4c32)c2ccccc12. The number of nitrogens with zero attached hydrogens (tertiary/aromatic N) is 2. The molecule has 3 heterocycles. The topological polar surface area (TPSA) is 56.5 Å². The molecule has 53 heavy (non-hydrogen) atoms. The van der Waals surface area contributed by atoms with E-state index < -0.39 is 0 Å². The summed E-state index contributed by atoms with van der Waals surface area (Å²) >= 11 is 0. The molecule has 2 unspecified atom stereocenters. The highest BCUT2D eigenvalue weighted by molar-refractivity contribution is 6.16. The van der Waals surface area contributed by atoms with E-state index in [-0.39, 0.29) is 11.8 Å². The molecule has 9 aromatic rings. The minimum Gasteiger partial charge on any atom is -0.460 e. The number of hydrogen-bond acceptors (Lipinski definition) is 3. The van der Waals surface area contributed by atoms with Gasteiger partial charge in [0.05, 0.1) is 16.4 Å². The predicted octanol–water partition coefficient (Wildman–Crippen LogP) is 9.92. The molecule has 0 saturated heterocycles. The number of fused-ring (bicyclic) bond motifs is 10. The molecule has 4 heteroatoms. The first-order chi connectivity index (χ1) is 26.2. The zero-order valence-electron chi connectivity index (χ0n) is 29.3. The highest BCUT2D eigenvalue weighted by Crippen LogP contribution is 2.52. The van der Waals surface area contributed by atoms with Crippen molar-refractivity contribution in [1.29, 1.82) is 0 Å². The van der Waals surface area contributed by atoms with Crippen LogP contribution >= 0.6 is 0 Å². The van der Waals surface area contributed by atoms with E-state index in [2.05, 4.69) is 157 Å². The van der Waals surface area contributed by atoms with Gasteiger partial charge in [-0.2, -0.15) is 0 Å². The molecule has 0 fully saturated rings. The Morgan fingerprint density at radius 1 is 0.736 bits per heavy atom.